The molecule has 1 spiro atoms. The fourth-order valence-electron chi connectivity index (χ4n) is 15.2. The first-order valence-electron chi connectivity index (χ1n) is 23.6. The van der Waals surface area contributed by atoms with Gasteiger partial charge < -0.3 is 4.90 Å². The van der Waals surface area contributed by atoms with E-state index in [9.17, 15) is 0 Å². The van der Waals surface area contributed by atoms with E-state index in [1.165, 1.54) is 116 Å². The van der Waals surface area contributed by atoms with Gasteiger partial charge in [-0.2, -0.15) is 0 Å². The Morgan fingerprint density at radius 3 is 1.52 bits per heavy atom. The molecule has 0 N–H and O–H groups in total. The van der Waals surface area contributed by atoms with Gasteiger partial charge >= 0.3 is 0 Å². The van der Waals surface area contributed by atoms with Crippen LogP contribution in [0.4, 0.5) is 17.1 Å². The second-order valence-electron chi connectivity index (χ2n) is 21.7. The minimum atomic E-state index is -0.174. The van der Waals surface area contributed by atoms with Crippen molar-refractivity contribution in [3.63, 3.8) is 0 Å². The van der Waals surface area contributed by atoms with Crippen LogP contribution >= 0.6 is 0 Å². The van der Waals surface area contributed by atoms with Crippen molar-refractivity contribution < 1.29 is 0 Å². The monoisotopic (exact) mass is 803 g/mol. The van der Waals surface area contributed by atoms with E-state index < -0.39 is 0 Å². The van der Waals surface area contributed by atoms with Crippen molar-refractivity contribution in [2.45, 2.75) is 95.3 Å². The third-order valence-corrected chi connectivity index (χ3v) is 17.7. The summed E-state index contributed by atoms with van der Waals surface area (Å²) in [6.07, 6.45) is 7.03. The Kier molecular flexibility index (Phi) is 7.45. The number of hydrogen-bond donors (Lipinski definition) is 0. The molecule has 306 valence electrons. The first kappa shape index (κ1) is 36.9. The molecule has 0 unspecified atom stereocenters. The highest BCUT2D eigenvalue weighted by molar-refractivity contribution is 6.01. The molecule has 0 atom stereocenters. The molecule has 4 bridgehead atoms. The smallest absolute Gasteiger partial charge is 0.0543 e. The van der Waals surface area contributed by atoms with Crippen LogP contribution in [0.3, 0.4) is 0 Å². The van der Waals surface area contributed by atoms with Crippen LogP contribution in [0.15, 0.2) is 152 Å². The number of benzene rings is 7. The molecule has 0 aliphatic heterocycles. The van der Waals surface area contributed by atoms with Crippen molar-refractivity contribution >= 4 is 17.1 Å². The number of nitrogens with zero attached hydrogens (tertiary/aromatic N) is 1. The van der Waals surface area contributed by atoms with E-state index in [0.717, 1.165) is 23.7 Å². The van der Waals surface area contributed by atoms with Gasteiger partial charge in [0.2, 0.25) is 0 Å². The first-order chi connectivity index (χ1) is 30.0. The fourth-order valence-corrected chi connectivity index (χ4v) is 15.2. The van der Waals surface area contributed by atoms with Crippen molar-refractivity contribution in [1.82, 2.24) is 0 Å². The number of rotatable bonds is 4. The summed E-state index contributed by atoms with van der Waals surface area (Å²) in [5.74, 6) is 3.29. The summed E-state index contributed by atoms with van der Waals surface area (Å²) < 4.78 is 0. The highest BCUT2D eigenvalue weighted by Crippen LogP contribution is 2.70. The Morgan fingerprint density at radius 2 is 0.823 bits per heavy atom. The van der Waals surface area contributed by atoms with Crippen molar-refractivity contribution in [3.05, 3.63) is 196 Å². The summed E-state index contributed by atoms with van der Waals surface area (Å²) in [4.78, 5) is 2.65. The lowest BCUT2D eigenvalue weighted by atomic mass is 9.43. The maximum absolute atomic E-state index is 2.65. The van der Waals surface area contributed by atoms with Gasteiger partial charge in [0.05, 0.1) is 11.4 Å². The van der Waals surface area contributed by atoms with Crippen LogP contribution in [0.5, 0.6) is 0 Å². The topological polar surface area (TPSA) is 3.24 Å². The fraction of sp³-hybridized carbons (Fsp3) is 0.311. The minimum absolute atomic E-state index is 0.115. The molecule has 0 amide bonds. The number of para-hydroxylation sites is 1. The number of fused-ring (bicyclic) bond motifs is 8. The quantitative estimate of drug-likeness (QED) is 0.171. The third kappa shape index (κ3) is 4.60. The molecule has 14 rings (SSSR count). The lowest BCUT2D eigenvalue weighted by Crippen LogP contribution is -2.55. The minimum Gasteiger partial charge on any atom is -0.309 e. The van der Waals surface area contributed by atoms with Crippen LogP contribution in [-0.2, 0) is 21.7 Å². The second kappa shape index (κ2) is 12.5. The summed E-state index contributed by atoms with van der Waals surface area (Å²) in [7, 11) is 0. The van der Waals surface area contributed by atoms with Crippen LogP contribution in [0.25, 0.3) is 33.4 Å². The van der Waals surface area contributed by atoms with E-state index in [-0.39, 0.29) is 21.7 Å². The average molecular weight is 804 g/mol. The van der Waals surface area contributed by atoms with Crippen LogP contribution in [0.2, 0.25) is 0 Å². The van der Waals surface area contributed by atoms with Crippen molar-refractivity contribution in [3.8, 4) is 33.4 Å². The molecule has 0 saturated heterocycles. The van der Waals surface area contributed by atoms with Gasteiger partial charge in [-0.15, -0.1) is 0 Å². The van der Waals surface area contributed by atoms with Gasteiger partial charge in [0.25, 0.3) is 0 Å². The molecule has 1 nitrogen and oxygen atoms in total. The highest BCUT2D eigenvalue weighted by atomic mass is 15.1. The van der Waals surface area contributed by atoms with E-state index >= 15 is 0 Å². The molecule has 62 heavy (non-hydrogen) atoms. The lowest BCUT2D eigenvalue weighted by molar-refractivity contribution is -0.0399. The van der Waals surface area contributed by atoms with E-state index in [2.05, 4.69) is 198 Å². The number of anilines is 3. The van der Waals surface area contributed by atoms with Gasteiger partial charge in [0.1, 0.15) is 0 Å². The van der Waals surface area contributed by atoms with Crippen molar-refractivity contribution in [2.75, 3.05) is 4.90 Å². The van der Waals surface area contributed by atoms with Gasteiger partial charge in [0, 0.05) is 38.5 Å². The Labute approximate surface area is 368 Å². The van der Waals surface area contributed by atoms with Crippen LogP contribution in [0, 0.1) is 23.7 Å². The third-order valence-electron chi connectivity index (χ3n) is 17.7. The zero-order chi connectivity index (χ0) is 41.9. The first-order valence-corrected chi connectivity index (χ1v) is 23.6. The Morgan fingerprint density at radius 1 is 0.355 bits per heavy atom. The molecule has 7 aromatic carbocycles. The van der Waals surface area contributed by atoms with Gasteiger partial charge in [0.15, 0.2) is 0 Å². The van der Waals surface area contributed by atoms with E-state index in [1.54, 1.807) is 11.1 Å². The standard InChI is InChI=1S/C61H57N/c1-58(2)46-21-10-7-18-44(46)57-51(58)25-16-28-55(57)62(41-29-30-50-53(36-41)60(5,6)49-24-13-12-23-48(49)59(50,3)4)54-27-14-9-17-42(54)43-20-15-26-52-56(43)45-19-8-11-22-47(45)61(52)39-32-37-31-38(34-39)35-40(61)33-37/h7-30,36-40H,31-35H2,1-6H3. The normalized spacial score (nSPS) is 25.4. The number of hydrogen-bond acceptors (Lipinski definition) is 1. The molecule has 0 radical (unpaired) electrons. The summed E-state index contributed by atoms with van der Waals surface area (Å²) in [6, 6.07) is 59.3. The zero-order valence-electron chi connectivity index (χ0n) is 37.2. The van der Waals surface area contributed by atoms with Crippen LogP contribution < -0.4 is 4.90 Å². The maximum atomic E-state index is 2.65. The second-order valence-corrected chi connectivity index (χ2v) is 21.7. The highest BCUT2D eigenvalue weighted by Gasteiger charge is 2.61. The Balaban J connectivity index is 1.08. The van der Waals surface area contributed by atoms with E-state index in [4.69, 9.17) is 0 Å². The molecule has 7 aliphatic carbocycles. The predicted molar refractivity (Wildman–Crippen MR) is 258 cm³/mol. The summed E-state index contributed by atoms with van der Waals surface area (Å²) in [6.45, 7) is 14.5. The SMILES string of the molecule is CC1(C)c2ccccc2C(C)(C)c2cc(N(c3ccccc3-c3cccc4c3-c3ccccc3C43C4CC5CC(C4)CC3C5)c3cccc4c3-c3ccccc3C4(C)C)ccc21. The van der Waals surface area contributed by atoms with Gasteiger partial charge in [-0.3, -0.25) is 0 Å². The maximum Gasteiger partial charge on any atom is 0.0543 e. The molecule has 0 heterocycles. The lowest BCUT2D eigenvalue weighted by Gasteiger charge is -2.61. The molecule has 7 aromatic rings. The molecular formula is C61H57N. The van der Waals surface area contributed by atoms with Crippen LogP contribution in [0.1, 0.15) is 118 Å². The summed E-state index contributed by atoms with van der Waals surface area (Å²) >= 11 is 0. The largest absolute Gasteiger partial charge is 0.309 e. The van der Waals surface area contributed by atoms with Gasteiger partial charge in [-0.05, 0) is 147 Å². The van der Waals surface area contributed by atoms with Crippen LogP contribution in [-0.4, -0.2) is 0 Å². The molecular weight excluding hydrogens is 747 g/mol. The molecule has 4 fully saturated rings. The molecule has 1 heteroatoms. The molecule has 0 aromatic heterocycles. The zero-order valence-corrected chi connectivity index (χ0v) is 37.2. The Hall–Kier alpha value is -5.66. The van der Waals surface area contributed by atoms with Gasteiger partial charge in [-0.1, -0.05) is 169 Å². The molecule has 7 aliphatic rings. The summed E-state index contributed by atoms with van der Waals surface area (Å²) in [5, 5.41) is 0. The Bertz CT molecular complexity index is 3000. The predicted octanol–water partition coefficient (Wildman–Crippen LogP) is 15.8. The van der Waals surface area contributed by atoms with E-state index in [0.29, 0.717) is 0 Å². The van der Waals surface area contributed by atoms with E-state index in [1.807, 2.05) is 0 Å². The average Bonchev–Trinajstić information content (AvgIpc) is 3.71. The summed E-state index contributed by atoms with van der Waals surface area (Å²) in [5.41, 5.74) is 23.4. The van der Waals surface area contributed by atoms with Gasteiger partial charge in [-0.25, -0.2) is 0 Å². The van der Waals surface area contributed by atoms with Crippen molar-refractivity contribution in [2.24, 2.45) is 23.7 Å². The molecule has 4 saturated carbocycles. The van der Waals surface area contributed by atoms with Crippen molar-refractivity contribution in [1.29, 1.82) is 0 Å².